The molecule has 1 aromatic rings. The van der Waals surface area contributed by atoms with Gasteiger partial charge in [0.05, 0.1) is 6.54 Å². The van der Waals surface area contributed by atoms with Crippen molar-refractivity contribution in [3.8, 4) is 0 Å². The topological polar surface area (TPSA) is 99.3 Å². The lowest BCUT2D eigenvalue weighted by atomic mass is 9.96. The zero-order valence-corrected chi connectivity index (χ0v) is 16.0. The van der Waals surface area contributed by atoms with Gasteiger partial charge in [0.2, 0.25) is 12.3 Å². The summed E-state index contributed by atoms with van der Waals surface area (Å²) < 4.78 is 10.7. The summed E-state index contributed by atoms with van der Waals surface area (Å²) in [5.41, 5.74) is 0. The molecule has 2 saturated heterocycles. The Bertz CT molecular complexity index is 787. The largest absolute Gasteiger partial charge is 0.427 e. The van der Waals surface area contributed by atoms with Crippen molar-refractivity contribution in [1.82, 2.24) is 30.2 Å². The van der Waals surface area contributed by atoms with Crippen molar-refractivity contribution in [1.29, 1.82) is 0 Å². The van der Waals surface area contributed by atoms with E-state index in [0.717, 1.165) is 50.8 Å². The fourth-order valence-electron chi connectivity index (χ4n) is 4.50. The number of aromatic nitrogens is 2. The zero-order valence-electron chi connectivity index (χ0n) is 16.0. The summed E-state index contributed by atoms with van der Waals surface area (Å²) in [7, 11) is 0. The molecule has 2 amide bonds. The van der Waals surface area contributed by atoms with Crippen LogP contribution in [0, 0.1) is 11.8 Å². The SMILES string of the molecule is CC1CN(Cc2nnco2)CC1C1=NC2=CN(C3CCOCC3)CN2C(=O)N1. The Morgan fingerprint density at radius 1 is 1.29 bits per heavy atom. The maximum atomic E-state index is 12.7. The lowest BCUT2D eigenvalue weighted by molar-refractivity contribution is 0.0459. The number of carbonyl (C=O) groups excluding carboxylic acids is 1. The number of hydrogen-bond acceptors (Lipinski definition) is 8. The van der Waals surface area contributed by atoms with Crippen molar-refractivity contribution < 1.29 is 13.9 Å². The van der Waals surface area contributed by atoms with Crippen molar-refractivity contribution in [2.45, 2.75) is 32.4 Å². The first-order valence-electron chi connectivity index (χ1n) is 9.87. The number of nitrogens with one attached hydrogen (secondary N) is 1. The smallest absolute Gasteiger partial charge is 0.329 e. The Labute approximate surface area is 163 Å². The molecule has 0 saturated carbocycles. The van der Waals surface area contributed by atoms with Crippen molar-refractivity contribution in [3.05, 3.63) is 24.3 Å². The minimum Gasteiger partial charge on any atom is -0.427 e. The second kappa shape index (κ2) is 7.17. The van der Waals surface area contributed by atoms with E-state index in [-0.39, 0.29) is 11.9 Å². The van der Waals surface area contributed by atoms with E-state index in [1.807, 2.05) is 6.20 Å². The van der Waals surface area contributed by atoms with Gasteiger partial charge in [0.15, 0.2) is 5.82 Å². The highest BCUT2D eigenvalue weighted by Gasteiger charge is 2.40. The normalized spacial score (nSPS) is 29.0. The summed E-state index contributed by atoms with van der Waals surface area (Å²) in [5, 5.41) is 10.7. The number of aliphatic imine (C=N–C) groups is 1. The number of hydrogen-bond donors (Lipinski definition) is 1. The molecule has 0 aromatic carbocycles. The Morgan fingerprint density at radius 3 is 2.93 bits per heavy atom. The lowest BCUT2D eigenvalue weighted by Crippen LogP contribution is -2.50. The molecule has 10 nitrogen and oxygen atoms in total. The van der Waals surface area contributed by atoms with E-state index in [9.17, 15) is 4.79 Å². The average Bonchev–Trinajstić information content (AvgIpc) is 3.43. The van der Waals surface area contributed by atoms with E-state index in [4.69, 9.17) is 14.1 Å². The van der Waals surface area contributed by atoms with Gasteiger partial charge in [-0.25, -0.2) is 9.79 Å². The minimum atomic E-state index is -0.0895. The molecule has 0 spiro atoms. The first-order valence-corrected chi connectivity index (χ1v) is 9.87. The van der Waals surface area contributed by atoms with Crippen molar-refractivity contribution >= 4 is 11.9 Å². The van der Waals surface area contributed by atoms with E-state index in [0.29, 0.717) is 31.1 Å². The highest BCUT2D eigenvalue weighted by Crippen LogP contribution is 2.30. The van der Waals surface area contributed by atoms with Crippen LogP contribution in [0.4, 0.5) is 4.79 Å². The van der Waals surface area contributed by atoms with Crippen LogP contribution in [-0.2, 0) is 11.3 Å². The van der Waals surface area contributed by atoms with Gasteiger partial charge in [-0.05, 0) is 18.8 Å². The van der Waals surface area contributed by atoms with Gasteiger partial charge in [0.25, 0.3) is 0 Å². The van der Waals surface area contributed by atoms with Crippen LogP contribution in [0.15, 0.2) is 27.8 Å². The van der Waals surface area contributed by atoms with Crippen molar-refractivity contribution in [2.24, 2.45) is 16.8 Å². The zero-order chi connectivity index (χ0) is 19.1. The second-order valence-electron chi connectivity index (χ2n) is 7.95. The van der Waals surface area contributed by atoms with Gasteiger partial charge in [0, 0.05) is 44.5 Å². The first-order chi connectivity index (χ1) is 13.7. The Hall–Kier alpha value is -2.46. The van der Waals surface area contributed by atoms with E-state index in [1.165, 1.54) is 6.39 Å². The number of nitrogens with zero attached hydrogens (tertiary/aromatic N) is 6. The number of amidine groups is 1. The molecule has 150 valence electrons. The van der Waals surface area contributed by atoms with Crippen molar-refractivity contribution in [2.75, 3.05) is 33.0 Å². The highest BCUT2D eigenvalue weighted by molar-refractivity contribution is 6.02. The summed E-state index contributed by atoms with van der Waals surface area (Å²) in [6, 6.07) is 0.321. The van der Waals surface area contributed by atoms with Gasteiger partial charge in [-0.2, -0.15) is 0 Å². The Balaban J connectivity index is 1.30. The van der Waals surface area contributed by atoms with Crippen molar-refractivity contribution in [3.63, 3.8) is 0 Å². The molecule has 5 heterocycles. The molecular weight excluding hydrogens is 362 g/mol. The van der Waals surface area contributed by atoms with Crippen LogP contribution in [0.2, 0.25) is 0 Å². The average molecular weight is 387 g/mol. The Kier molecular flexibility index (Phi) is 4.52. The number of amides is 2. The Morgan fingerprint density at radius 2 is 2.14 bits per heavy atom. The molecule has 2 atom stereocenters. The molecule has 0 radical (unpaired) electrons. The van der Waals surface area contributed by atoms with Gasteiger partial charge in [-0.3, -0.25) is 15.1 Å². The molecule has 5 rings (SSSR count). The number of urea groups is 1. The molecule has 0 bridgehead atoms. The van der Waals surface area contributed by atoms with Crippen LogP contribution in [0.25, 0.3) is 0 Å². The van der Waals surface area contributed by atoms with Gasteiger partial charge in [0.1, 0.15) is 12.5 Å². The second-order valence-corrected chi connectivity index (χ2v) is 7.95. The van der Waals surface area contributed by atoms with Crippen LogP contribution in [-0.4, -0.2) is 75.8 Å². The summed E-state index contributed by atoms with van der Waals surface area (Å²) in [4.78, 5) is 23.7. The fraction of sp³-hybridized carbons (Fsp3) is 0.667. The third-order valence-corrected chi connectivity index (χ3v) is 6.04. The molecule has 2 fully saturated rings. The summed E-state index contributed by atoms with van der Waals surface area (Å²) >= 11 is 0. The van der Waals surface area contributed by atoms with Gasteiger partial charge in [-0.1, -0.05) is 6.92 Å². The van der Waals surface area contributed by atoms with E-state index in [1.54, 1.807) is 4.90 Å². The molecule has 0 aliphatic carbocycles. The van der Waals surface area contributed by atoms with Crippen LogP contribution in [0.3, 0.4) is 0 Å². The van der Waals surface area contributed by atoms with E-state index >= 15 is 0 Å². The number of likely N-dealkylation sites (tertiary alicyclic amines) is 1. The molecular formula is C18H25N7O3. The number of carbonyl (C=O) groups is 1. The molecule has 4 aliphatic heterocycles. The number of rotatable bonds is 4. The minimum absolute atomic E-state index is 0.0895. The number of fused-ring (bicyclic) bond motifs is 1. The molecule has 1 aromatic heterocycles. The van der Waals surface area contributed by atoms with E-state index < -0.39 is 0 Å². The highest BCUT2D eigenvalue weighted by atomic mass is 16.5. The van der Waals surface area contributed by atoms with Crippen LogP contribution >= 0.6 is 0 Å². The fourth-order valence-corrected chi connectivity index (χ4v) is 4.50. The molecule has 1 N–H and O–H groups in total. The molecule has 28 heavy (non-hydrogen) atoms. The standard InChI is InChI=1S/C18H25N7O3/c1-12-6-23(9-16-22-19-10-28-16)7-14(12)17-20-15-8-24(11-25(15)18(26)21-17)13-2-4-27-5-3-13/h8,10,12-14H,2-7,9,11H2,1H3,(H,20,21,26). The quantitative estimate of drug-likeness (QED) is 0.816. The molecule has 10 heteroatoms. The van der Waals surface area contributed by atoms with E-state index in [2.05, 4.69) is 32.2 Å². The predicted octanol–water partition coefficient (Wildman–Crippen LogP) is 0.812. The molecule has 2 unspecified atom stereocenters. The van der Waals surface area contributed by atoms with Gasteiger partial charge >= 0.3 is 6.03 Å². The predicted molar refractivity (Wildman–Crippen MR) is 98.7 cm³/mol. The lowest BCUT2D eigenvalue weighted by Gasteiger charge is -2.32. The maximum absolute atomic E-state index is 12.7. The number of ether oxygens (including phenoxy) is 1. The van der Waals surface area contributed by atoms with Crippen LogP contribution in [0.1, 0.15) is 25.7 Å². The van der Waals surface area contributed by atoms with Crippen LogP contribution in [0.5, 0.6) is 0 Å². The maximum Gasteiger partial charge on any atom is 0.329 e. The summed E-state index contributed by atoms with van der Waals surface area (Å²) in [5.74, 6) is 2.67. The summed E-state index contributed by atoms with van der Waals surface area (Å²) in [6.45, 7) is 6.64. The summed E-state index contributed by atoms with van der Waals surface area (Å²) in [6.07, 6.45) is 5.36. The third kappa shape index (κ3) is 3.26. The first kappa shape index (κ1) is 17.6. The van der Waals surface area contributed by atoms with Crippen LogP contribution < -0.4 is 5.32 Å². The molecule has 4 aliphatic rings. The van der Waals surface area contributed by atoms with Gasteiger partial charge in [-0.15, -0.1) is 10.2 Å². The van der Waals surface area contributed by atoms with Gasteiger partial charge < -0.3 is 14.1 Å². The third-order valence-electron chi connectivity index (χ3n) is 6.04. The monoisotopic (exact) mass is 387 g/mol.